The van der Waals surface area contributed by atoms with Crippen LogP contribution < -0.4 is 5.32 Å². The van der Waals surface area contributed by atoms with Gasteiger partial charge in [-0.3, -0.25) is 4.79 Å². The smallest absolute Gasteiger partial charge is 0.254 e. The lowest BCUT2D eigenvalue weighted by molar-refractivity contribution is 0.0953. The first-order valence-electron chi connectivity index (χ1n) is 8.75. The number of benzene rings is 2. The highest BCUT2D eigenvalue weighted by atomic mass is 79.9. The lowest BCUT2D eigenvalue weighted by Crippen LogP contribution is -2.26. The third-order valence-electron chi connectivity index (χ3n) is 4.30. The predicted molar refractivity (Wildman–Crippen MR) is 111 cm³/mol. The number of carbonyl (C=O) groups excluding carboxylic acids is 1. The highest BCUT2D eigenvalue weighted by Gasteiger charge is 2.16. The molecule has 0 aliphatic carbocycles. The molecule has 8 heteroatoms. The molecular weight excluding hydrogens is 442 g/mol. The zero-order chi connectivity index (χ0) is 20.1. The number of nitrogens with one attached hydrogen (secondary N) is 1. The summed E-state index contributed by atoms with van der Waals surface area (Å²) in [5.41, 5.74) is 2.04. The zero-order valence-electron chi connectivity index (χ0n) is 15.3. The van der Waals surface area contributed by atoms with Crippen LogP contribution >= 0.6 is 15.9 Å². The van der Waals surface area contributed by atoms with E-state index in [1.54, 1.807) is 35.0 Å². The lowest BCUT2D eigenvalue weighted by atomic mass is 10.2. The van der Waals surface area contributed by atoms with Crippen LogP contribution in [-0.4, -0.2) is 36.4 Å². The van der Waals surface area contributed by atoms with Crippen LogP contribution in [0.15, 0.2) is 70.2 Å². The second-order valence-corrected chi connectivity index (χ2v) is 9.30. The maximum atomic E-state index is 12.4. The number of amides is 1. The first kappa shape index (κ1) is 20.3. The summed E-state index contributed by atoms with van der Waals surface area (Å²) in [7, 11) is -3.34. The third kappa shape index (κ3) is 4.69. The van der Waals surface area contributed by atoms with Crippen LogP contribution in [0.4, 0.5) is 0 Å². The van der Waals surface area contributed by atoms with Gasteiger partial charge in [-0.15, -0.1) is 0 Å². The van der Waals surface area contributed by atoms with Crippen LogP contribution in [0, 0.1) is 6.92 Å². The van der Waals surface area contributed by atoms with Crippen LogP contribution in [0.5, 0.6) is 0 Å². The van der Waals surface area contributed by atoms with Gasteiger partial charge in [0.15, 0.2) is 9.84 Å². The molecule has 0 radical (unpaired) electrons. The number of hydrogen-bond acceptors (Lipinski definition) is 4. The molecule has 28 heavy (non-hydrogen) atoms. The zero-order valence-corrected chi connectivity index (χ0v) is 17.7. The van der Waals surface area contributed by atoms with E-state index in [9.17, 15) is 13.2 Å². The molecule has 2 aromatic carbocycles. The molecule has 0 saturated heterocycles. The van der Waals surface area contributed by atoms with Crippen molar-refractivity contribution >= 4 is 31.7 Å². The number of hydrogen-bond donors (Lipinski definition) is 1. The summed E-state index contributed by atoms with van der Waals surface area (Å²) in [6, 6.07) is 15.9. The van der Waals surface area contributed by atoms with E-state index in [2.05, 4.69) is 26.3 Å². The normalized spacial score (nSPS) is 11.4. The van der Waals surface area contributed by atoms with Gasteiger partial charge in [-0.25, -0.2) is 13.1 Å². The molecule has 0 fully saturated rings. The number of halogens is 1. The van der Waals surface area contributed by atoms with Crippen molar-refractivity contribution in [3.05, 3.63) is 76.5 Å². The second kappa shape index (κ2) is 8.70. The van der Waals surface area contributed by atoms with Crippen molar-refractivity contribution < 1.29 is 13.2 Å². The second-order valence-electron chi connectivity index (χ2n) is 6.27. The van der Waals surface area contributed by atoms with Crippen molar-refractivity contribution in [2.45, 2.75) is 18.2 Å². The maximum Gasteiger partial charge on any atom is 0.254 e. The minimum atomic E-state index is -3.34. The molecule has 0 aliphatic rings. The van der Waals surface area contributed by atoms with Gasteiger partial charge >= 0.3 is 0 Å². The molecule has 0 saturated carbocycles. The minimum absolute atomic E-state index is 0.0194. The van der Waals surface area contributed by atoms with E-state index in [1.807, 2.05) is 31.2 Å². The third-order valence-corrected chi connectivity index (χ3v) is 6.65. The van der Waals surface area contributed by atoms with E-state index < -0.39 is 9.84 Å². The van der Waals surface area contributed by atoms with E-state index in [0.717, 1.165) is 15.9 Å². The van der Waals surface area contributed by atoms with Crippen molar-refractivity contribution in [3.8, 4) is 5.69 Å². The van der Waals surface area contributed by atoms with E-state index in [0.29, 0.717) is 16.9 Å². The molecule has 6 nitrogen and oxygen atoms in total. The fourth-order valence-electron chi connectivity index (χ4n) is 2.78. The van der Waals surface area contributed by atoms with E-state index in [4.69, 9.17) is 0 Å². The summed E-state index contributed by atoms with van der Waals surface area (Å²) in [6.07, 6.45) is 1.86. The Labute approximate surface area is 172 Å². The Kier molecular flexibility index (Phi) is 6.31. The van der Waals surface area contributed by atoms with Gasteiger partial charge in [-0.2, -0.15) is 5.10 Å². The molecule has 0 spiro atoms. The van der Waals surface area contributed by atoms with E-state index in [1.165, 1.54) is 6.20 Å². The van der Waals surface area contributed by atoms with Gasteiger partial charge < -0.3 is 5.32 Å². The fourth-order valence-corrected chi connectivity index (χ4v) is 4.38. The molecule has 3 aromatic rings. The van der Waals surface area contributed by atoms with Crippen molar-refractivity contribution in [1.82, 2.24) is 15.1 Å². The molecule has 1 aromatic heterocycles. The van der Waals surface area contributed by atoms with Crippen LogP contribution in [0.2, 0.25) is 0 Å². The van der Waals surface area contributed by atoms with Gasteiger partial charge in [-0.05, 0) is 49.7 Å². The van der Waals surface area contributed by atoms with Crippen LogP contribution in [0.25, 0.3) is 5.69 Å². The Morgan fingerprint density at radius 3 is 2.46 bits per heavy atom. The van der Waals surface area contributed by atoms with Crippen molar-refractivity contribution in [2.75, 3.05) is 12.3 Å². The monoisotopic (exact) mass is 461 g/mol. The Morgan fingerprint density at radius 1 is 1.11 bits per heavy atom. The first-order valence-corrected chi connectivity index (χ1v) is 11.2. The van der Waals surface area contributed by atoms with Gasteiger partial charge in [-0.1, -0.05) is 34.1 Å². The quantitative estimate of drug-likeness (QED) is 0.545. The number of nitrogens with zero attached hydrogens (tertiary/aromatic N) is 2. The summed E-state index contributed by atoms with van der Waals surface area (Å²) in [4.78, 5) is 12.7. The molecule has 0 aliphatic heterocycles. The van der Waals surface area contributed by atoms with Gasteiger partial charge in [0.05, 0.1) is 33.8 Å². The Morgan fingerprint density at radius 2 is 1.79 bits per heavy atom. The fraction of sp³-hybridized carbons (Fsp3) is 0.200. The minimum Gasteiger partial charge on any atom is -0.352 e. The highest BCUT2D eigenvalue weighted by molar-refractivity contribution is 9.10. The van der Waals surface area contributed by atoms with Crippen molar-refractivity contribution in [2.24, 2.45) is 0 Å². The summed E-state index contributed by atoms with van der Waals surface area (Å²) >= 11 is 3.39. The lowest BCUT2D eigenvalue weighted by Gasteiger charge is -2.07. The number of carbonyl (C=O) groups is 1. The predicted octanol–water partition coefficient (Wildman–Crippen LogP) is 3.54. The molecule has 146 valence electrons. The number of rotatable bonds is 7. The number of sulfone groups is 1. The molecule has 0 atom stereocenters. The summed E-state index contributed by atoms with van der Waals surface area (Å²) < 4.78 is 27.2. The standard InChI is InChI=1S/C20H20BrN3O3S/c1-15-19(14-23-24(15)17-10-8-16(21)9-11-17)20(25)22-12-5-13-28(26,27)18-6-3-2-4-7-18/h2-4,6-11,14H,5,12-13H2,1H3,(H,22,25). The topological polar surface area (TPSA) is 81.1 Å². The Balaban J connectivity index is 1.58. The van der Waals surface area contributed by atoms with Crippen molar-refractivity contribution in [3.63, 3.8) is 0 Å². The molecule has 0 unspecified atom stereocenters. The summed E-state index contributed by atoms with van der Waals surface area (Å²) in [5, 5.41) is 7.06. The average Bonchev–Trinajstić information content (AvgIpc) is 3.08. The highest BCUT2D eigenvalue weighted by Crippen LogP contribution is 2.17. The number of aromatic nitrogens is 2. The van der Waals surface area contributed by atoms with Gasteiger partial charge in [0.2, 0.25) is 0 Å². The average molecular weight is 462 g/mol. The molecule has 0 bridgehead atoms. The molecule has 3 rings (SSSR count). The van der Waals surface area contributed by atoms with Crippen LogP contribution in [0.3, 0.4) is 0 Å². The molecule has 1 heterocycles. The van der Waals surface area contributed by atoms with Crippen LogP contribution in [-0.2, 0) is 9.84 Å². The van der Waals surface area contributed by atoms with Gasteiger partial charge in [0.1, 0.15) is 0 Å². The van der Waals surface area contributed by atoms with E-state index >= 15 is 0 Å². The Bertz CT molecular complexity index is 1060. The van der Waals surface area contributed by atoms with Crippen molar-refractivity contribution in [1.29, 1.82) is 0 Å². The van der Waals surface area contributed by atoms with Gasteiger partial charge in [0, 0.05) is 11.0 Å². The maximum absolute atomic E-state index is 12.4. The van der Waals surface area contributed by atoms with Gasteiger partial charge in [0.25, 0.3) is 5.91 Å². The largest absolute Gasteiger partial charge is 0.352 e. The molecule has 1 amide bonds. The Hall–Kier alpha value is -2.45. The summed E-state index contributed by atoms with van der Waals surface area (Å²) in [5.74, 6) is -0.285. The van der Waals surface area contributed by atoms with Crippen LogP contribution in [0.1, 0.15) is 22.5 Å². The molecular formula is C20H20BrN3O3S. The first-order chi connectivity index (χ1) is 13.4. The SMILES string of the molecule is Cc1c(C(=O)NCCCS(=O)(=O)c2ccccc2)cnn1-c1ccc(Br)cc1. The summed E-state index contributed by atoms with van der Waals surface area (Å²) in [6.45, 7) is 2.09. The van der Waals surface area contributed by atoms with E-state index in [-0.39, 0.29) is 18.2 Å². The molecule has 1 N–H and O–H groups in total.